The smallest absolute Gasteiger partial charge is 0.238 e. The van der Waals surface area contributed by atoms with E-state index in [1.807, 2.05) is 35.2 Å². The molecule has 1 fully saturated rings. The molecule has 0 radical (unpaired) electrons. The highest BCUT2D eigenvalue weighted by molar-refractivity contribution is 7.92. The summed E-state index contributed by atoms with van der Waals surface area (Å²) in [5, 5.41) is 2.80. The zero-order chi connectivity index (χ0) is 29.6. The van der Waals surface area contributed by atoms with E-state index in [1.54, 1.807) is 23.1 Å². The number of carbonyl (C=O) groups is 2. The largest absolute Gasteiger partial charge is 0.333 e. The molecule has 2 amide bonds. The van der Waals surface area contributed by atoms with Crippen molar-refractivity contribution >= 4 is 33.2 Å². The minimum atomic E-state index is -3.46. The summed E-state index contributed by atoms with van der Waals surface area (Å²) >= 11 is 0. The molecule has 1 aliphatic rings. The topological polar surface area (TPSA) is 125 Å². The Morgan fingerprint density at radius 3 is 2.41 bits per heavy atom. The first-order chi connectivity index (χ1) is 19.5. The molecule has 0 saturated carbocycles. The van der Waals surface area contributed by atoms with Crippen LogP contribution in [0.4, 0.5) is 20.2 Å². The van der Waals surface area contributed by atoms with Crippen LogP contribution in [0.15, 0.2) is 72.8 Å². The Morgan fingerprint density at radius 2 is 1.71 bits per heavy atom. The van der Waals surface area contributed by atoms with Gasteiger partial charge in [-0.2, -0.15) is 0 Å². The third-order valence-corrected chi connectivity index (χ3v) is 7.31. The number of hydrogen-bond donors (Lipinski definition) is 3. The number of piperazine rings is 1. The van der Waals surface area contributed by atoms with Gasteiger partial charge in [-0.3, -0.25) is 19.2 Å². The number of rotatable bonds is 10. The van der Waals surface area contributed by atoms with Gasteiger partial charge >= 0.3 is 0 Å². The number of amides is 2. The summed E-state index contributed by atoms with van der Waals surface area (Å²) in [4.78, 5) is 29.9. The van der Waals surface area contributed by atoms with Gasteiger partial charge in [0.05, 0.1) is 24.5 Å². The Balaban J connectivity index is 1.39. The number of sulfonamides is 1. The zero-order valence-electron chi connectivity index (χ0n) is 22.6. The van der Waals surface area contributed by atoms with Gasteiger partial charge in [-0.25, -0.2) is 17.2 Å². The lowest BCUT2D eigenvalue weighted by Crippen LogP contribution is -2.53. The van der Waals surface area contributed by atoms with Gasteiger partial charge in [0, 0.05) is 37.8 Å². The molecular formula is C29H33F2N5O4S. The van der Waals surface area contributed by atoms with Crippen LogP contribution < -0.4 is 15.8 Å². The van der Waals surface area contributed by atoms with Crippen molar-refractivity contribution in [1.82, 2.24) is 9.80 Å². The summed E-state index contributed by atoms with van der Waals surface area (Å²) in [5.41, 5.74) is 8.45. The van der Waals surface area contributed by atoms with Gasteiger partial charge in [0.25, 0.3) is 0 Å². The SMILES string of the molecule is CS(=O)(=O)Nc1cccc(NC(=O)CN2CCN(C(=O)C[C@H](N)Cc3ccc(F)c(F)c3)C(c3ccccc3)C2)c1. The third-order valence-electron chi connectivity index (χ3n) is 6.70. The number of hydrogen-bond acceptors (Lipinski definition) is 6. The molecule has 1 unspecified atom stereocenters. The summed E-state index contributed by atoms with van der Waals surface area (Å²) in [6.07, 6.45) is 1.30. The van der Waals surface area contributed by atoms with Gasteiger partial charge in [-0.1, -0.05) is 42.5 Å². The van der Waals surface area contributed by atoms with Crippen LogP contribution in [0.2, 0.25) is 0 Å². The van der Waals surface area contributed by atoms with Crippen molar-refractivity contribution in [3.8, 4) is 0 Å². The fourth-order valence-corrected chi connectivity index (χ4v) is 5.46. The quantitative estimate of drug-likeness (QED) is 0.336. The van der Waals surface area contributed by atoms with Crippen LogP contribution in [0.1, 0.15) is 23.6 Å². The number of nitrogens with two attached hydrogens (primary N) is 1. The fourth-order valence-electron chi connectivity index (χ4n) is 4.90. The summed E-state index contributed by atoms with van der Waals surface area (Å²) < 4.78 is 52.3. The maximum absolute atomic E-state index is 13.6. The van der Waals surface area contributed by atoms with Gasteiger partial charge in [0.2, 0.25) is 21.8 Å². The summed E-state index contributed by atoms with van der Waals surface area (Å²) in [6, 6.07) is 18.6. The molecule has 9 nitrogen and oxygen atoms in total. The van der Waals surface area contributed by atoms with Crippen molar-refractivity contribution in [2.75, 3.05) is 42.5 Å². The normalized spacial score (nSPS) is 16.7. The van der Waals surface area contributed by atoms with Crippen LogP contribution in [-0.2, 0) is 26.0 Å². The molecular weight excluding hydrogens is 552 g/mol. The van der Waals surface area contributed by atoms with Gasteiger partial charge in [-0.05, 0) is 47.9 Å². The molecule has 0 aliphatic carbocycles. The van der Waals surface area contributed by atoms with Crippen molar-refractivity contribution in [3.63, 3.8) is 0 Å². The van der Waals surface area contributed by atoms with Crippen molar-refractivity contribution in [2.24, 2.45) is 5.73 Å². The van der Waals surface area contributed by atoms with Crippen LogP contribution >= 0.6 is 0 Å². The monoisotopic (exact) mass is 585 g/mol. The number of benzene rings is 3. The standard InChI is InChI=1S/C29H33F2N5O4S/c1-41(39,40)34-24-9-5-8-23(17-24)33-28(37)19-35-12-13-36(27(18-35)21-6-3-2-4-7-21)29(38)16-22(32)14-20-10-11-25(30)26(31)15-20/h2-11,15,17,22,27,34H,12-14,16,18-19,32H2,1H3,(H,33,37)/t22-,27?/m1/s1. The molecule has 4 N–H and O–H groups in total. The van der Waals surface area contributed by atoms with Gasteiger partial charge in [0.15, 0.2) is 11.6 Å². The molecule has 1 saturated heterocycles. The van der Waals surface area contributed by atoms with E-state index >= 15 is 0 Å². The number of nitrogens with one attached hydrogen (secondary N) is 2. The lowest BCUT2D eigenvalue weighted by atomic mass is 9.99. The molecule has 0 spiro atoms. The highest BCUT2D eigenvalue weighted by Gasteiger charge is 2.32. The third kappa shape index (κ3) is 8.81. The molecule has 1 heterocycles. The number of anilines is 2. The summed E-state index contributed by atoms with van der Waals surface area (Å²) in [5.74, 6) is -2.33. The summed E-state index contributed by atoms with van der Waals surface area (Å²) in [7, 11) is -3.46. The Hall–Kier alpha value is -3.87. The van der Waals surface area contributed by atoms with Crippen LogP contribution in [-0.4, -0.2) is 68.5 Å². The van der Waals surface area contributed by atoms with E-state index in [0.29, 0.717) is 36.6 Å². The van der Waals surface area contributed by atoms with Crippen molar-refractivity contribution in [2.45, 2.75) is 24.9 Å². The number of carbonyl (C=O) groups excluding carboxylic acids is 2. The number of halogens is 2. The van der Waals surface area contributed by atoms with Gasteiger partial charge < -0.3 is 16.0 Å². The minimum absolute atomic E-state index is 0.0284. The summed E-state index contributed by atoms with van der Waals surface area (Å²) in [6.45, 7) is 1.32. The second-order valence-corrected chi connectivity index (χ2v) is 11.9. The second-order valence-electron chi connectivity index (χ2n) is 10.2. The highest BCUT2D eigenvalue weighted by atomic mass is 32.2. The molecule has 4 rings (SSSR count). The molecule has 41 heavy (non-hydrogen) atoms. The first-order valence-electron chi connectivity index (χ1n) is 13.1. The highest BCUT2D eigenvalue weighted by Crippen LogP contribution is 2.27. The first kappa shape index (κ1) is 30.1. The average Bonchev–Trinajstić information content (AvgIpc) is 2.90. The predicted molar refractivity (Wildman–Crippen MR) is 154 cm³/mol. The Morgan fingerprint density at radius 1 is 0.976 bits per heavy atom. The van der Waals surface area contributed by atoms with E-state index in [4.69, 9.17) is 5.73 Å². The van der Waals surface area contributed by atoms with Crippen molar-refractivity contribution in [1.29, 1.82) is 0 Å². The molecule has 3 aromatic carbocycles. The van der Waals surface area contributed by atoms with Crippen LogP contribution in [0, 0.1) is 11.6 Å². The average molecular weight is 586 g/mol. The Kier molecular flexibility index (Phi) is 9.69. The maximum atomic E-state index is 13.6. The molecule has 2 atom stereocenters. The zero-order valence-corrected chi connectivity index (χ0v) is 23.4. The van der Waals surface area contributed by atoms with E-state index in [9.17, 15) is 26.8 Å². The maximum Gasteiger partial charge on any atom is 0.238 e. The van der Waals surface area contributed by atoms with Crippen molar-refractivity contribution < 1.29 is 26.8 Å². The minimum Gasteiger partial charge on any atom is -0.333 e. The molecule has 12 heteroatoms. The Labute approximate surface area is 238 Å². The van der Waals surface area contributed by atoms with Gasteiger partial charge in [0.1, 0.15) is 0 Å². The van der Waals surface area contributed by atoms with E-state index in [0.717, 1.165) is 24.0 Å². The lowest BCUT2D eigenvalue weighted by molar-refractivity contribution is -0.137. The van der Waals surface area contributed by atoms with Gasteiger partial charge in [-0.15, -0.1) is 0 Å². The lowest BCUT2D eigenvalue weighted by Gasteiger charge is -2.42. The molecule has 1 aliphatic heterocycles. The van der Waals surface area contributed by atoms with Crippen LogP contribution in [0.5, 0.6) is 0 Å². The van der Waals surface area contributed by atoms with E-state index in [-0.39, 0.29) is 37.2 Å². The predicted octanol–water partition coefficient (Wildman–Crippen LogP) is 3.12. The van der Waals surface area contributed by atoms with E-state index in [1.165, 1.54) is 12.1 Å². The first-order valence-corrected chi connectivity index (χ1v) is 15.0. The molecule has 3 aromatic rings. The Bertz CT molecular complexity index is 1490. The van der Waals surface area contributed by atoms with Crippen LogP contribution in [0.25, 0.3) is 0 Å². The molecule has 0 bridgehead atoms. The van der Waals surface area contributed by atoms with Crippen LogP contribution in [0.3, 0.4) is 0 Å². The second kappa shape index (κ2) is 13.2. The number of nitrogens with zero attached hydrogens (tertiary/aromatic N) is 2. The van der Waals surface area contributed by atoms with E-state index < -0.39 is 27.7 Å². The van der Waals surface area contributed by atoms with Crippen molar-refractivity contribution in [3.05, 3.63) is 95.6 Å². The molecule has 218 valence electrons. The van der Waals surface area contributed by atoms with E-state index in [2.05, 4.69) is 10.0 Å². The fraction of sp³-hybridized carbons (Fsp3) is 0.310. The molecule has 0 aromatic heterocycles.